The van der Waals surface area contributed by atoms with Crippen LogP contribution in [0.5, 0.6) is 0 Å². The second kappa shape index (κ2) is 4.64. The number of benzene rings is 1. The van der Waals surface area contributed by atoms with E-state index in [0.717, 1.165) is 22.4 Å². The van der Waals surface area contributed by atoms with Crippen LogP contribution in [0.3, 0.4) is 0 Å². The maximum atomic E-state index is 12.8. The van der Waals surface area contributed by atoms with E-state index < -0.39 is 10.0 Å². The minimum Gasteiger partial charge on any atom is -0.244 e. The van der Waals surface area contributed by atoms with Crippen molar-refractivity contribution in [3.05, 3.63) is 53.1 Å². The van der Waals surface area contributed by atoms with Gasteiger partial charge in [0.05, 0.1) is 17.1 Å². The molecule has 3 rings (SSSR count). The number of fused-ring (bicyclic) bond motifs is 1. The summed E-state index contributed by atoms with van der Waals surface area (Å²) >= 11 is 0. The summed E-state index contributed by atoms with van der Waals surface area (Å²) in [7, 11) is -3.49. The summed E-state index contributed by atoms with van der Waals surface area (Å²) in [5.74, 6) is 0. The van der Waals surface area contributed by atoms with Crippen LogP contribution in [0.25, 0.3) is 0 Å². The molecule has 20 heavy (non-hydrogen) atoms. The quantitative estimate of drug-likeness (QED) is 0.845. The Balaban J connectivity index is 2.01. The molecule has 6 heteroatoms. The molecule has 1 aliphatic rings. The number of aromatic nitrogens is 2. The van der Waals surface area contributed by atoms with Crippen molar-refractivity contribution in [1.82, 2.24) is 14.3 Å². The van der Waals surface area contributed by atoms with Crippen LogP contribution in [0.1, 0.15) is 22.4 Å². The minimum atomic E-state index is -3.49. The molecule has 2 heterocycles. The van der Waals surface area contributed by atoms with Gasteiger partial charge in [0.2, 0.25) is 10.0 Å². The second-order valence-corrected chi connectivity index (χ2v) is 6.94. The fourth-order valence-electron chi connectivity index (χ4n) is 2.37. The molecular weight excluding hydrogens is 274 g/mol. The van der Waals surface area contributed by atoms with Crippen molar-refractivity contribution < 1.29 is 8.42 Å². The summed E-state index contributed by atoms with van der Waals surface area (Å²) in [6.45, 7) is 4.36. The van der Waals surface area contributed by atoms with Gasteiger partial charge in [0, 0.05) is 18.3 Å². The fraction of sp³-hybridized carbons (Fsp3) is 0.286. The van der Waals surface area contributed by atoms with E-state index >= 15 is 0 Å². The molecule has 1 aliphatic heterocycles. The van der Waals surface area contributed by atoms with Crippen molar-refractivity contribution >= 4 is 10.0 Å². The van der Waals surface area contributed by atoms with Crippen molar-refractivity contribution in [3.63, 3.8) is 0 Å². The summed E-state index contributed by atoms with van der Waals surface area (Å²) < 4.78 is 27.0. The lowest BCUT2D eigenvalue weighted by atomic mass is 10.2. The topological polar surface area (TPSA) is 63.2 Å². The zero-order chi connectivity index (χ0) is 14.3. The standard InChI is InChI=1S/C14H15N3O2S/c1-10-3-4-11(2)14(5-10)20(18,19)17-7-12-6-15-9-16-13(12)8-17/h3-6,9H,7-8H2,1-2H3. The number of hydrogen-bond acceptors (Lipinski definition) is 4. The smallest absolute Gasteiger partial charge is 0.244 e. The first kappa shape index (κ1) is 13.2. The number of nitrogens with zero attached hydrogens (tertiary/aromatic N) is 3. The molecule has 0 amide bonds. The van der Waals surface area contributed by atoms with Gasteiger partial charge in [-0.05, 0) is 31.0 Å². The van der Waals surface area contributed by atoms with E-state index in [-0.39, 0.29) is 0 Å². The Morgan fingerprint density at radius 1 is 1.20 bits per heavy atom. The van der Waals surface area contributed by atoms with Gasteiger partial charge in [-0.1, -0.05) is 12.1 Å². The van der Waals surface area contributed by atoms with E-state index in [1.165, 1.54) is 10.6 Å². The second-order valence-electron chi connectivity index (χ2n) is 5.04. The van der Waals surface area contributed by atoms with Crippen LogP contribution >= 0.6 is 0 Å². The third kappa shape index (κ3) is 2.10. The summed E-state index contributed by atoms with van der Waals surface area (Å²) in [4.78, 5) is 8.46. The highest BCUT2D eigenvalue weighted by Gasteiger charge is 2.32. The zero-order valence-electron chi connectivity index (χ0n) is 11.4. The van der Waals surface area contributed by atoms with E-state index in [4.69, 9.17) is 0 Å². The van der Waals surface area contributed by atoms with Crippen molar-refractivity contribution in [2.45, 2.75) is 31.8 Å². The molecule has 0 spiro atoms. The van der Waals surface area contributed by atoms with Gasteiger partial charge >= 0.3 is 0 Å². The van der Waals surface area contributed by atoms with Gasteiger partial charge in [0.1, 0.15) is 6.33 Å². The molecule has 5 nitrogen and oxygen atoms in total. The van der Waals surface area contributed by atoms with Crippen molar-refractivity contribution in [1.29, 1.82) is 0 Å². The molecule has 0 saturated carbocycles. The Morgan fingerprint density at radius 3 is 2.75 bits per heavy atom. The first-order valence-electron chi connectivity index (χ1n) is 6.33. The third-order valence-corrected chi connectivity index (χ3v) is 5.45. The molecule has 0 fully saturated rings. The van der Waals surface area contributed by atoms with Gasteiger partial charge in [-0.3, -0.25) is 0 Å². The number of rotatable bonds is 2. The van der Waals surface area contributed by atoms with Crippen LogP contribution in [0.15, 0.2) is 35.6 Å². The fourth-order valence-corrected chi connectivity index (χ4v) is 4.05. The maximum Gasteiger partial charge on any atom is 0.244 e. The largest absolute Gasteiger partial charge is 0.244 e. The summed E-state index contributed by atoms with van der Waals surface area (Å²) in [6.07, 6.45) is 3.13. The van der Waals surface area contributed by atoms with Gasteiger partial charge in [-0.15, -0.1) is 0 Å². The van der Waals surface area contributed by atoms with E-state index in [0.29, 0.717) is 18.0 Å². The monoisotopic (exact) mass is 289 g/mol. The lowest BCUT2D eigenvalue weighted by Crippen LogP contribution is -2.26. The molecule has 2 aromatic rings. The molecule has 0 radical (unpaired) electrons. The van der Waals surface area contributed by atoms with Crippen molar-refractivity contribution in [3.8, 4) is 0 Å². The van der Waals surface area contributed by atoms with Crippen molar-refractivity contribution in [2.24, 2.45) is 0 Å². The number of hydrogen-bond donors (Lipinski definition) is 0. The van der Waals surface area contributed by atoms with Gasteiger partial charge in [-0.2, -0.15) is 4.31 Å². The molecule has 0 saturated heterocycles. The number of sulfonamides is 1. The van der Waals surface area contributed by atoms with Crippen LogP contribution in [0, 0.1) is 13.8 Å². The van der Waals surface area contributed by atoms with E-state index in [9.17, 15) is 8.42 Å². The summed E-state index contributed by atoms with van der Waals surface area (Å²) in [5.41, 5.74) is 3.36. The Labute approximate surface area is 118 Å². The Kier molecular flexibility index (Phi) is 3.07. The van der Waals surface area contributed by atoms with Crippen LogP contribution in [0.4, 0.5) is 0 Å². The Bertz CT molecular complexity index is 747. The highest BCUT2D eigenvalue weighted by Crippen LogP contribution is 2.28. The molecule has 0 atom stereocenters. The zero-order valence-corrected chi connectivity index (χ0v) is 12.2. The SMILES string of the molecule is Cc1ccc(C)c(S(=O)(=O)N2Cc3cncnc3C2)c1. The van der Waals surface area contributed by atoms with Gasteiger partial charge in [-0.25, -0.2) is 18.4 Å². The lowest BCUT2D eigenvalue weighted by molar-refractivity contribution is 0.429. The highest BCUT2D eigenvalue weighted by atomic mass is 32.2. The average molecular weight is 289 g/mol. The first-order valence-corrected chi connectivity index (χ1v) is 7.77. The third-order valence-electron chi connectivity index (χ3n) is 3.52. The molecular formula is C14H15N3O2S. The average Bonchev–Trinajstić information content (AvgIpc) is 2.86. The predicted molar refractivity (Wildman–Crippen MR) is 74.4 cm³/mol. The molecule has 1 aromatic carbocycles. The Morgan fingerprint density at radius 2 is 2.00 bits per heavy atom. The minimum absolute atomic E-state index is 0.313. The maximum absolute atomic E-state index is 12.8. The van der Waals surface area contributed by atoms with Gasteiger partial charge in [0.25, 0.3) is 0 Å². The van der Waals surface area contributed by atoms with Crippen LogP contribution < -0.4 is 0 Å². The number of aryl methyl sites for hydroxylation is 2. The normalized spacial score (nSPS) is 15.3. The molecule has 104 valence electrons. The molecule has 0 unspecified atom stereocenters. The molecule has 0 bridgehead atoms. The van der Waals surface area contributed by atoms with Crippen LogP contribution in [0.2, 0.25) is 0 Å². The summed E-state index contributed by atoms with van der Waals surface area (Å²) in [5, 5.41) is 0. The molecule has 0 N–H and O–H groups in total. The molecule has 0 aliphatic carbocycles. The van der Waals surface area contributed by atoms with E-state index in [1.54, 1.807) is 12.3 Å². The van der Waals surface area contributed by atoms with Crippen LogP contribution in [-0.4, -0.2) is 22.7 Å². The lowest BCUT2D eigenvalue weighted by Gasteiger charge is -2.17. The predicted octanol–water partition coefficient (Wildman–Crippen LogP) is 1.80. The van der Waals surface area contributed by atoms with Crippen LogP contribution in [-0.2, 0) is 23.1 Å². The first-order chi connectivity index (χ1) is 9.48. The highest BCUT2D eigenvalue weighted by molar-refractivity contribution is 7.89. The van der Waals surface area contributed by atoms with Gasteiger partial charge in [0.15, 0.2) is 0 Å². The summed E-state index contributed by atoms with van der Waals surface area (Å²) in [6, 6.07) is 5.48. The van der Waals surface area contributed by atoms with E-state index in [1.807, 2.05) is 26.0 Å². The van der Waals surface area contributed by atoms with E-state index in [2.05, 4.69) is 9.97 Å². The molecule has 1 aromatic heterocycles. The Hall–Kier alpha value is -1.79. The van der Waals surface area contributed by atoms with Gasteiger partial charge < -0.3 is 0 Å². The van der Waals surface area contributed by atoms with Crippen molar-refractivity contribution in [2.75, 3.05) is 0 Å².